The summed E-state index contributed by atoms with van der Waals surface area (Å²) in [5.74, 6) is -1.21. The number of carbonyl (C=O) groups is 2. The summed E-state index contributed by atoms with van der Waals surface area (Å²) in [6.45, 7) is 10.2. The molecule has 140 valence electrons. The number of ether oxygens (including phenoxy) is 2. The molecule has 0 aromatic heterocycles. The normalized spacial score (nSPS) is 11.2. The van der Waals surface area contributed by atoms with Crippen LogP contribution in [0.5, 0.6) is 0 Å². The van der Waals surface area contributed by atoms with Crippen LogP contribution in [0.25, 0.3) is 0 Å². The van der Waals surface area contributed by atoms with Gasteiger partial charge in [-0.05, 0) is 39.1 Å². The zero-order valence-corrected chi connectivity index (χ0v) is 15.7. The lowest BCUT2D eigenvalue weighted by molar-refractivity contribution is -0.163. The molecule has 0 unspecified atom stereocenters. The molecular formula is C19H30N2O4. The van der Waals surface area contributed by atoms with Gasteiger partial charge in [-0.3, -0.25) is 0 Å². The van der Waals surface area contributed by atoms with E-state index >= 15 is 0 Å². The van der Waals surface area contributed by atoms with Crippen LogP contribution < -0.4 is 5.32 Å². The molecule has 0 saturated heterocycles. The minimum atomic E-state index is -1.56. The molecule has 6 nitrogen and oxygen atoms in total. The number of anilines is 1. The van der Waals surface area contributed by atoms with Gasteiger partial charge in [0.05, 0.1) is 13.2 Å². The summed E-state index contributed by atoms with van der Waals surface area (Å²) >= 11 is 0. The Morgan fingerprint density at radius 1 is 0.960 bits per heavy atom. The second kappa shape index (κ2) is 10.7. The molecule has 6 heteroatoms. The van der Waals surface area contributed by atoms with Crippen LogP contribution >= 0.6 is 0 Å². The van der Waals surface area contributed by atoms with Crippen LogP contribution in [0.3, 0.4) is 0 Å². The topological polar surface area (TPSA) is 67.9 Å². The van der Waals surface area contributed by atoms with E-state index in [1.807, 2.05) is 44.2 Å². The van der Waals surface area contributed by atoms with Crippen LogP contribution in [0, 0.1) is 0 Å². The van der Waals surface area contributed by atoms with Crippen LogP contribution in [0.15, 0.2) is 30.3 Å². The lowest BCUT2D eigenvalue weighted by Crippen LogP contribution is -2.56. The second-order valence-electron chi connectivity index (χ2n) is 5.61. The molecule has 0 bridgehead atoms. The fourth-order valence-corrected chi connectivity index (χ4v) is 2.59. The third-order valence-corrected chi connectivity index (χ3v) is 4.08. The zero-order valence-electron chi connectivity index (χ0n) is 15.7. The molecule has 0 aliphatic heterocycles. The highest BCUT2D eigenvalue weighted by atomic mass is 16.6. The second-order valence-corrected chi connectivity index (χ2v) is 5.61. The average molecular weight is 350 g/mol. The van der Waals surface area contributed by atoms with Crippen molar-refractivity contribution in [3.05, 3.63) is 30.3 Å². The lowest BCUT2D eigenvalue weighted by atomic mass is 9.93. The monoisotopic (exact) mass is 350 g/mol. The first kappa shape index (κ1) is 21.0. The number of nitrogens with one attached hydrogen (secondary N) is 1. The van der Waals surface area contributed by atoms with Crippen molar-refractivity contribution in [1.29, 1.82) is 0 Å². The molecule has 0 spiro atoms. The van der Waals surface area contributed by atoms with Crippen LogP contribution in [0.2, 0.25) is 0 Å². The predicted molar refractivity (Wildman–Crippen MR) is 98.5 cm³/mol. The minimum absolute atomic E-state index is 0.196. The van der Waals surface area contributed by atoms with Crippen LogP contribution in [-0.2, 0) is 19.1 Å². The number of benzene rings is 1. The minimum Gasteiger partial charge on any atom is -0.464 e. The first-order valence-corrected chi connectivity index (χ1v) is 8.94. The Morgan fingerprint density at radius 3 is 1.92 bits per heavy atom. The van der Waals surface area contributed by atoms with Crippen molar-refractivity contribution in [2.24, 2.45) is 0 Å². The molecule has 1 rings (SSSR count). The maximum Gasteiger partial charge on any atom is 0.343 e. The molecule has 0 radical (unpaired) electrons. The number of nitrogens with zero attached hydrogens (tertiary/aromatic N) is 1. The third-order valence-electron chi connectivity index (χ3n) is 4.08. The maximum absolute atomic E-state index is 12.8. The van der Waals surface area contributed by atoms with Gasteiger partial charge in [0.1, 0.15) is 0 Å². The van der Waals surface area contributed by atoms with Gasteiger partial charge in [0.2, 0.25) is 5.54 Å². The number of esters is 2. The van der Waals surface area contributed by atoms with E-state index < -0.39 is 17.5 Å². The van der Waals surface area contributed by atoms with E-state index in [1.54, 1.807) is 13.8 Å². The van der Waals surface area contributed by atoms with Crippen LogP contribution in [0.4, 0.5) is 5.69 Å². The van der Waals surface area contributed by atoms with Crippen molar-refractivity contribution in [3.8, 4) is 0 Å². The summed E-state index contributed by atoms with van der Waals surface area (Å²) in [5, 5.41) is 3.09. The molecular weight excluding hydrogens is 320 g/mol. The van der Waals surface area contributed by atoms with Crippen molar-refractivity contribution >= 4 is 17.6 Å². The van der Waals surface area contributed by atoms with Crippen LogP contribution in [-0.4, -0.2) is 55.2 Å². The fourth-order valence-electron chi connectivity index (χ4n) is 2.59. The van der Waals surface area contributed by atoms with Crippen molar-refractivity contribution in [1.82, 2.24) is 4.90 Å². The van der Waals surface area contributed by atoms with Gasteiger partial charge in [-0.2, -0.15) is 0 Å². The summed E-state index contributed by atoms with van der Waals surface area (Å²) in [5.41, 5.74) is -0.890. The molecule has 1 N–H and O–H groups in total. The van der Waals surface area contributed by atoms with Crippen molar-refractivity contribution in [2.75, 3.05) is 38.2 Å². The molecule has 0 fully saturated rings. The van der Waals surface area contributed by atoms with Crippen molar-refractivity contribution < 1.29 is 19.1 Å². The van der Waals surface area contributed by atoms with E-state index in [-0.39, 0.29) is 19.6 Å². The number of hydrogen-bond acceptors (Lipinski definition) is 6. The van der Waals surface area contributed by atoms with Gasteiger partial charge in [0, 0.05) is 18.7 Å². The number of para-hydroxylation sites is 1. The van der Waals surface area contributed by atoms with Gasteiger partial charge in [-0.15, -0.1) is 0 Å². The van der Waals surface area contributed by atoms with E-state index in [1.165, 1.54) is 0 Å². The fraction of sp³-hybridized carbons (Fsp3) is 0.579. The van der Waals surface area contributed by atoms with E-state index in [9.17, 15) is 9.59 Å². The molecule has 0 heterocycles. The Labute approximate surface area is 150 Å². The maximum atomic E-state index is 12.8. The lowest BCUT2D eigenvalue weighted by Gasteiger charge is -2.32. The Balaban J connectivity index is 3.20. The molecule has 25 heavy (non-hydrogen) atoms. The number of carbonyl (C=O) groups excluding carboxylic acids is 2. The Kier molecular flexibility index (Phi) is 8.99. The summed E-state index contributed by atoms with van der Waals surface area (Å²) < 4.78 is 10.5. The molecule has 0 saturated carbocycles. The van der Waals surface area contributed by atoms with E-state index in [0.717, 1.165) is 13.1 Å². The summed E-state index contributed by atoms with van der Waals surface area (Å²) in [6.07, 6.45) is 0.265. The largest absolute Gasteiger partial charge is 0.464 e. The summed E-state index contributed by atoms with van der Waals surface area (Å²) in [4.78, 5) is 27.7. The molecule has 0 aliphatic rings. The zero-order chi connectivity index (χ0) is 18.7. The molecule has 0 amide bonds. The van der Waals surface area contributed by atoms with E-state index in [4.69, 9.17) is 9.47 Å². The Bertz CT molecular complexity index is 511. The quantitative estimate of drug-likeness (QED) is 0.489. The first-order chi connectivity index (χ1) is 12.0. The molecule has 1 aromatic rings. The molecule has 0 atom stereocenters. The average Bonchev–Trinajstić information content (AvgIpc) is 2.62. The Hall–Kier alpha value is -2.08. The van der Waals surface area contributed by atoms with Gasteiger partial charge < -0.3 is 19.7 Å². The van der Waals surface area contributed by atoms with E-state index in [2.05, 4.69) is 10.2 Å². The Morgan fingerprint density at radius 2 is 1.48 bits per heavy atom. The highest BCUT2D eigenvalue weighted by Crippen LogP contribution is 2.23. The number of rotatable bonds is 11. The van der Waals surface area contributed by atoms with Gasteiger partial charge in [-0.25, -0.2) is 9.59 Å². The smallest absolute Gasteiger partial charge is 0.343 e. The molecule has 0 aliphatic carbocycles. The van der Waals surface area contributed by atoms with Gasteiger partial charge in [0.25, 0.3) is 0 Å². The first-order valence-electron chi connectivity index (χ1n) is 8.94. The summed E-state index contributed by atoms with van der Waals surface area (Å²) in [7, 11) is 0. The number of hydrogen-bond donors (Lipinski definition) is 1. The summed E-state index contributed by atoms with van der Waals surface area (Å²) in [6, 6.07) is 9.17. The SMILES string of the molecule is CCOC(=O)C(CCN(CC)CC)(Nc1ccccc1)C(=O)OCC. The van der Waals surface area contributed by atoms with Gasteiger partial charge >= 0.3 is 11.9 Å². The van der Waals surface area contributed by atoms with E-state index in [0.29, 0.717) is 12.2 Å². The highest BCUT2D eigenvalue weighted by molar-refractivity contribution is 6.08. The van der Waals surface area contributed by atoms with Crippen LogP contribution in [0.1, 0.15) is 34.1 Å². The standard InChI is InChI=1S/C19H30N2O4/c1-5-21(6-2)15-14-19(17(22)24-7-3,18(23)25-8-4)20-16-12-10-9-11-13-16/h9-13,20H,5-8,14-15H2,1-4H3. The van der Waals surface area contributed by atoms with Crippen molar-refractivity contribution in [2.45, 2.75) is 39.7 Å². The third kappa shape index (κ3) is 5.74. The van der Waals surface area contributed by atoms with Gasteiger partial charge in [-0.1, -0.05) is 32.0 Å². The molecule has 1 aromatic carbocycles. The van der Waals surface area contributed by atoms with Crippen molar-refractivity contribution in [3.63, 3.8) is 0 Å². The predicted octanol–water partition coefficient (Wildman–Crippen LogP) is 2.70. The highest BCUT2D eigenvalue weighted by Gasteiger charge is 2.49. The van der Waals surface area contributed by atoms with Gasteiger partial charge in [0.15, 0.2) is 0 Å².